The second-order valence-electron chi connectivity index (χ2n) is 5.05. The highest BCUT2D eigenvalue weighted by atomic mass is 16.4. The van der Waals surface area contributed by atoms with Gasteiger partial charge in [0.05, 0.1) is 5.41 Å². The lowest BCUT2D eigenvalue weighted by atomic mass is 9.82. The first-order valence-corrected chi connectivity index (χ1v) is 6.54. The second-order valence-corrected chi connectivity index (χ2v) is 5.05. The van der Waals surface area contributed by atoms with Gasteiger partial charge in [-0.15, -0.1) is 0 Å². The Morgan fingerprint density at radius 1 is 1.29 bits per heavy atom. The lowest BCUT2D eigenvalue weighted by molar-refractivity contribution is -0.149. The van der Waals surface area contributed by atoms with Gasteiger partial charge in [0.2, 0.25) is 5.91 Å². The van der Waals surface area contributed by atoms with E-state index in [0.717, 1.165) is 12.3 Å². The number of carbonyl (C=O) groups excluding carboxylic acids is 1. The van der Waals surface area contributed by atoms with Gasteiger partial charge in [0, 0.05) is 13.0 Å². The molecule has 0 atom stereocenters. The third kappa shape index (κ3) is 4.02. The minimum absolute atomic E-state index is 0.00979. The van der Waals surface area contributed by atoms with E-state index in [9.17, 15) is 14.7 Å². The summed E-state index contributed by atoms with van der Waals surface area (Å²) in [5.74, 6) is -0.0863. The molecule has 0 aliphatic heterocycles. The monoisotopic (exact) mass is 241 g/mol. The Kier molecular flexibility index (Phi) is 4.97. The molecule has 1 aliphatic rings. The highest BCUT2D eigenvalue weighted by molar-refractivity contribution is 5.79. The van der Waals surface area contributed by atoms with Crippen molar-refractivity contribution in [2.24, 2.45) is 11.3 Å². The fraction of sp³-hybridized carbons (Fsp3) is 0.846. The van der Waals surface area contributed by atoms with Crippen LogP contribution >= 0.6 is 0 Å². The molecule has 0 aromatic carbocycles. The first kappa shape index (κ1) is 14.0. The molecular weight excluding hydrogens is 218 g/mol. The Morgan fingerprint density at radius 2 is 1.88 bits per heavy atom. The van der Waals surface area contributed by atoms with E-state index in [-0.39, 0.29) is 12.5 Å². The van der Waals surface area contributed by atoms with Crippen molar-refractivity contribution in [1.82, 2.24) is 5.32 Å². The summed E-state index contributed by atoms with van der Waals surface area (Å²) in [6, 6.07) is 0. The number of rotatable bonds is 8. The number of nitrogens with one attached hydrogen (secondary N) is 1. The molecule has 0 saturated heterocycles. The van der Waals surface area contributed by atoms with Crippen LogP contribution in [0, 0.1) is 11.3 Å². The first-order chi connectivity index (χ1) is 8.04. The molecule has 0 radical (unpaired) electrons. The molecule has 1 fully saturated rings. The van der Waals surface area contributed by atoms with Crippen LogP contribution in [-0.2, 0) is 9.59 Å². The van der Waals surface area contributed by atoms with Gasteiger partial charge in [-0.25, -0.2) is 0 Å². The van der Waals surface area contributed by atoms with Crippen molar-refractivity contribution in [3.8, 4) is 0 Å². The van der Waals surface area contributed by atoms with Gasteiger partial charge in [-0.05, 0) is 25.2 Å². The Labute approximate surface area is 103 Å². The fourth-order valence-corrected chi connectivity index (χ4v) is 1.98. The second kappa shape index (κ2) is 6.03. The van der Waals surface area contributed by atoms with Gasteiger partial charge < -0.3 is 10.4 Å². The summed E-state index contributed by atoms with van der Waals surface area (Å²) < 4.78 is 0. The summed E-state index contributed by atoms with van der Waals surface area (Å²) >= 11 is 0. The van der Waals surface area contributed by atoms with Crippen LogP contribution in [0.5, 0.6) is 0 Å². The molecule has 0 heterocycles. The molecule has 98 valence electrons. The van der Waals surface area contributed by atoms with Crippen LogP contribution in [0.2, 0.25) is 0 Å². The van der Waals surface area contributed by atoms with E-state index in [1.807, 2.05) is 13.8 Å². The van der Waals surface area contributed by atoms with Crippen molar-refractivity contribution in [2.75, 3.05) is 6.54 Å². The van der Waals surface area contributed by atoms with Crippen LogP contribution in [0.15, 0.2) is 0 Å². The zero-order chi connectivity index (χ0) is 12.9. The van der Waals surface area contributed by atoms with E-state index < -0.39 is 11.4 Å². The molecular formula is C13H23NO3. The summed E-state index contributed by atoms with van der Waals surface area (Å²) in [5, 5.41) is 12.0. The van der Waals surface area contributed by atoms with E-state index in [0.29, 0.717) is 19.3 Å². The maximum absolute atomic E-state index is 11.6. The third-order valence-electron chi connectivity index (χ3n) is 3.91. The number of aliphatic carboxylic acids is 1. The quantitative estimate of drug-likeness (QED) is 0.684. The summed E-state index contributed by atoms with van der Waals surface area (Å²) in [6.07, 6.45) is 5.06. The molecule has 0 aromatic heterocycles. The third-order valence-corrected chi connectivity index (χ3v) is 3.91. The standard InChI is InChI=1S/C13H23NO3/c1-3-13(4-2,12(16)17)9-14-11(15)8-7-10-5-6-10/h10H,3-9H2,1-2H3,(H,14,15)(H,16,17). The largest absolute Gasteiger partial charge is 0.481 e. The molecule has 1 amide bonds. The van der Waals surface area contributed by atoms with Gasteiger partial charge in [0.1, 0.15) is 0 Å². The van der Waals surface area contributed by atoms with E-state index in [1.54, 1.807) is 0 Å². The Hall–Kier alpha value is -1.06. The molecule has 0 bridgehead atoms. The SMILES string of the molecule is CCC(CC)(CNC(=O)CCC1CC1)C(=O)O. The molecule has 4 heteroatoms. The van der Waals surface area contributed by atoms with Gasteiger partial charge in [0.15, 0.2) is 0 Å². The number of hydrogen-bond acceptors (Lipinski definition) is 2. The summed E-state index contributed by atoms with van der Waals surface area (Å²) in [7, 11) is 0. The minimum atomic E-state index is -0.815. The number of hydrogen-bond donors (Lipinski definition) is 2. The van der Waals surface area contributed by atoms with Crippen LogP contribution in [-0.4, -0.2) is 23.5 Å². The summed E-state index contributed by atoms with van der Waals surface area (Å²) in [6.45, 7) is 3.96. The predicted octanol–water partition coefficient (Wildman–Crippen LogP) is 2.18. The smallest absolute Gasteiger partial charge is 0.311 e. The van der Waals surface area contributed by atoms with Crippen molar-refractivity contribution in [3.63, 3.8) is 0 Å². The Morgan fingerprint density at radius 3 is 2.29 bits per heavy atom. The summed E-state index contributed by atoms with van der Waals surface area (Å²) in [5.41, 5.74) is -0.796. The van der Waals surface area contributed by atoms with Crippen LogP contribution in [0.3, 0.4) is 0 Å². The molecule has 2 N–H and O–H groups in total. The van der Waals surface area contributed by atoms with Crippen LogP contribution in [0.4, 0.5) is 0 Å². The zero-order valence-corrected chi connectivity index (χ0v) is 10.8. The molecule has 0 aromatic rings. The van der Waals surface area contributed by atoms with Gasteiger partial charge in [-0.1, -0.05) is 26.7 Å². The highest BCUT2D eigenvalue weighted by Crippen LogP contribution is 2.33. The van der Waals surface area contributed by atoms with Crippen LogP contribution in [0.1, 0.15) is 52.4 Å². The van der Waals surface area contributed by atoms with E-state index in [2.05, 4.69) is 5.32 Å². The fourth-order valence-electron chi connectivity index (χ4n) is 1.98. The van der Waals surface area contributed by atoms with Crippen LogP contribution in [0.25, 0.3) is 0 Å². The predicted molar refractivity (Wildman–Crippen MR) is 65.6 cm³/mol. The normalized spacial score (nSPS) is 15.6. The molecule has 4 nitrogen and oxygen atoms in total. The highest BCUT2D eigenvalue weighted by Gasteiger charge is 2.35. The minimum Gasteiger partial charge on any atom is -0.481 e. The topological polar surface area (TPSA) is 66.4 Å². The Balaban J connectivity index is 2.34. The molecule has 1 saturated carbocycles. The van der Waals surface area contributed by atoms with Gasteiger partial charge in [-0.3, -0.25) is 9.59 Å². The van der Waals surface area contributed by atoms with Crippen molar-refractivity contribution in [3.05, 3.63) is 0 Å². The van der Waals surface area contributed by atoms with Crippen molar-refractivity contribution in [1.29, 1.82) is 0 Å². The van der Waals surface area contributed by atoms with E-state index in [1.165, 1.54) is 12.8 Å². The molecule has 1 aliphatic carbocycles. The van der Waals surface area contributed by atoms with Crippen molar-refractivity contribution >= 4 is 11.9 Å². The molecule has 0 unspecified atom stereocenters. The average Bonchev–Trinajstić information content (AvgIpc) is 3.12. The maximum Gasteiger partial charge on any atom is 0.311 e. The Bertz CT molecular complexity index is 280. The number of carboxylic acid groups (broad SMARTS) is 1. The summed E-state index contributed by atoms with van der Waals surface area (Å²) in [4.78, 5) is 22.8. The molecule has 17 heavy (non-hydrogen) atoms. The van der Waals surface area contributed by atoms with Gasteiger partial charge in [-0.2, -0.15) is 0 Å². The van der Waals surface area contributed by atoms with E-state index >= 15 is 0 Å². The zero-order valence-electron chi connectivity index (χ0n) is 10.8. The lowest BCUT2D eigenvalue weighted by Crippen LogP contribution is -2.42. The first-order valence-electron chi connectivity index (χ1n) is 6.54. The number of carbonyl (C=O) groups is 2. The average molecular weight is 241 g/mol. The molecule has 1 rings (SSSR count). The van der Waals surface area contributed by atoms with Crippen molar-refractivity contribution in [2.45, 2.75) is 52.4 Å². The van der Waals surface area contributed by atoms with Crippen LogP contribution < -0.4 is 5.32 Å². The maximum atomic E-state index is 11.6. The molecule has 0 spiro atoms. The van der Waals surface area contributed by atoms with Gasteiger partial charge >= 0.3 is 5.97 Å². The van der Waals surface area contributed by atoms with E-state index in [4.69, 9.17) is 0 Å². The van der Waals surface area contributed by atoms with Gasteiger partial charge in [0.25, 0.3) is 0 Å². The number of amides is 1. The number of carboxylic acids is 1. The lowest BCUT2D eigenvalue weighted by Gasteiger charge is -2.26. The van der Waals surface area contributed by atoms with Crippen molar-refractivity contribution < 1.29 is 14.7 Å².